The quantitative estimate of drug-likeness (QED) is 0.257. The highest BCUT2D eigenvalue weighted by Crippen LogP contribution is 2.38. The van der Waals surface area contributed by atoms with Crippen LogP contribution in [0.25, 0.3) is 11.1 Å². The van der Waals surface area contributed by atoms with Crippen molar-refractivity contribution < 1.29 is 42.5 Å². The van der Waals surface area contributed by atoms with Gasteiger partial charge in [-0.25, -0.2) is 33.1 Å². The molecule has 2 aromatic heterocycles. The van der Waals surface area contributed by atoms with Gasteiger partial charge < -0.3 is 29.1 Å². The molecule has 3 heterocycles. The first-order valence-electron chi connectivity index (χ1n) is 15.1. The first-order chi connectivity index (χ1) is 22.3. The predicted molar refractivity (Wildman–Crippen MR) is 175 cm³/mol. The lowest BCUT2D eigenvalue weighted by molar-refractivity contribution is 0.0426. The smallest absolute Gasteiger partial charge is 0.425 e. The van der Waals surface area contributed by atoms with Crippen LogP contribution in [0.3, 0.4) is 0 Å². The zero-order valence-electron chi connectivity index (χ0n) is 27.7. The van der Waals surface area contributed by atoms with Crippen LogP contribution >= 0.6 is 11.6 Å². The van der Waals surface area contributed by atoms with E-state index in [1.807, 2.05) is 4.90 Å². The number of aromatic nitrogens is 2. The maximum Gasteiger partial charge on any atom is 0.425 e. The number of pyridine rings is 2. The lowest BCUT2D eigenvalue weighted by Crippen LogP contribution is -2.48. The minimum absolute atomic E-state index is 0.176. The van der Waals surface area contributed by atoms with Crippen molar-refractivity contribution in [2.45, 2.75) is 65.8 Å². The molecule has 0 bridgehead atoms. The topological polar surface area (TPSA) is 135 Å². The van der Waals surface area contributed by atoms with Crippen LogP contribution in [-0.4, -0.2) is 75.6 Å². The van der Waals surface area contributed by atoms with Gasteiger partial charge in [0.25, 0.3) is 0 Å². The van der Waals surface area contributed by atoms with Crippen LogP contribution in [0.15, 0.2) is 42.7 Å². The molecule has 1 N–H and O–H groups in total. The number of hydrogen-bond donors (Lipinski definition) is 1. The zero-order chi connectivity index (χ0) is 35.6. The van der Waals surface area contributed by atoms with Gasteiger partial charge in [0.05, 0.1) is 5.02 Å². The number of halogens is 3. The fraction of sp³-hybridized carbons (Fsp3) is 0.424. The molecule has 1 atom stereocenters. The van der Waals surface area contributed by atoms with Gasteiger partial charge in [-0.3, -0.25) is 0 Å². The molecule has 0 unspecified atom stereocenters. The van der Waals surface area contributed by atoms with Crippen molar-refractivity contribution in [1.82, 2.24) is 14.9 Å². The first-order valence-corrected chi connectivity index (χ1v) is 15.5. The van der Waals surface area contributed by atoms with E-state index in [-0.39, 0.29) is 17.1 Å². The van der Waals surface area contributed by atoms with Gasteiger partial charge in [-0.05, 0) is 78.8 Å². The average Bonchev–Trinajstić information content (AvgIpc) is 2.98. The van der Waals surface area contributed by atoms with Gasteiger partial charge in [-0.15, -0.1) is 0 Å². The van der Waals surface area contributed by atoms with Gasteiger partial charge in [-0.1, -0.05) is 11.6 Å². The van der Waals surface area contributed by atoms with E-state index in [0.29, 0.717) is 48.0 Å². The number of nitrogens with zero attached hydrogens (tertiary/aromatic N) is 5. The molecule has 48 heavy (non-hydrogen) atoms. The van der Waals surface area contributed by atoms with Crippen LogP contribution in [0, 0.1) is 11.6 Å². The van der Waals surface area contributed by atoms with E-state index >= 15 is 0 Å². The number of anilines is 2. The number of imide groups is 1. The Balaban J connectivity index is 1.77. The van der Waals surface area contributed by atoms with E-state index in [1.54, 1.807) is 59.9 Å². The lowest BCUT2D eigenvalue weighted by Gasteiger charge is -2.33. The second-order valence-corrected chi connectivity index (χ2v) is 13.4. The number of carbonyl (C=O) groups is 3. The van der Waals surface area contributed by atoms with Gasteiger partial charge in [0, 0.05) is 55.3 Å². The fourth-order valence-electron chi connectivity index (χ4n) is 4.75. The van der Waals surface area contributed by atoms with Gasteiger partial charge in [0.2, 0.25) is 0 Å². The number of amides is 3. The van der Waals surface area contributed by atoms with Crippen LogP contribution in [-0.2, 0) is 9.47 Å². The summed E-state index contributed by atoms with van der Waals surface area (Å²) in [6.07, 6.45) is -1.47. The molecule has 258 valence electrons. The maximum absolute atomic E-state index is 14.9. The van der Waals surface area contributed by atoms with Gasteiger partial charge >= 0.3 is 18.3 Å². The summed E-state index contributed by atoms with van der Waals surface area (Å²) in [7, 11) is 0. The van der Waals surface area contributed by atoms with Crippen LogP contribution in [0.5, 0.6) is 5.75 Å². The van der Waals surface area contributed by atoms with E-state index in [1.165, 1.54) is 24.1 Å². The second kappa shape index (κ2) is 14.2. The van der Waals surface area contributed by atoms with Crippen LogP contribution < -0.4 is 14.5 Å². The molecule has 1 aliphatic rings. The van der Waals surface area contributed by atoms with Crippen molar-refractivity contribution >= 4 is 41.5 Å². The van der Waals surface area contributed by atoms with E-state index < -0.39 is 52.2 Å². The summed E-state index contributed by atoms with van der Waals surface area (Å²) < 4.78 is 46.4. The average molecular weight is 690 g/mol. The summed E-state index contributed by atoms with van der Waals surface area (Å²) in [4.78, 5) is 51.0. The first kappa shape index (κ1) is 36.1. The minimum atomic E-state index is -1.23. The lowest BCUT2D eigenvalue weighted by atomic mass is 10.1. The van der Waals surface area contributed by atoms with E-state index in [9.17, 15) is 28.3 Å². The second-order valence-electron chi connectivity index (χ2n) is 13.0. The highest BCUT2D eigenvalue weighted by molar-refractivity contribution is 6.31. The van der Waals surface area contributed by atoms with E-state index in [0.717, 1.165) is 12.1 Å². The SMILES string of the molecule is C[C@@H](Oc1cc(-c2ccc(N3CCN(C(=O)O)CC3)nc2)cnc1N(C(=O)OC(C)(C)C)C(=O)OC(C)(C)C)c1c(F)ccc(F)c1Cl. The van der Waals surface area contributed by atoms with E-state index in [2.05, 4.69) is 9.97 Å². The molecule has 12 nitrogen and oxygen atoms in total. The summed E-state index contributed by atoms with van der Waals surface area (Å²) in [6, 6.07) is 6.79. The molecule has 1 fully saturated rings. The van der Waals surface area contributed by atoms with Crippen molar-refractivity contribution in [2.24, 2.45) is 0 Å². The molecule has 1 aliphatic heterocycles. The number of benzene rings is 1. The number of carboxylic acid groups (broad SMARTS) is 1. The summed E-state index contributed by atoms with van der Waals surface area (Å²) >= 11 is 6.12. The van der Waals surface area contributed by atoms with Gasteiger partial charge in [0.15, 0.2) is 11.6 Å². The van der Waals surface area contributed by atoms with Crippen LogP contribution in [0.4, 0.5) is 34.8 Å². The molecule has 15 heteroatoms. The van der Waals surface area contributed by atoms with Crippen LogP contribution in [0.2, 0.25) is 5.02 Å². The zero-order valence-corrected chi connectivity index (χ0v) is 28.5. The van der Waals surface area contributed by atoms with Crippen molar-refractivity contribution in [3.05, 3.63) is 64.9 Å². The molecule has 4 rings (SSSR count). The maximum atomic E-state index is 14.9. The third kappa shape index (κ3) is 8.79. The third-order valence-electron chi connectivity index (χ3n) is 6.94. The Labute approximate surface area is 282 Å². The summed E-state index contributed by atoms with van der Waals surface area (Å²) in [5.41, 5.74) is -1.32. The highest BCUT2D eigenvalue weighted by atomic mass is 35.5. The van der Waals surface area contributed by atoms with Crippen LogP contribution in [0.1, 0.15) is 60.1 Å². The Kier molecular flexibility index (Phi) is 10.7. The van der Waals surface area contributed by atoms with Crippen molar-refractivity contribution in [3.8, 4) is 16.9 Å². The molecular weight excluding hydrogens is 652 g/mol. The van der Waals surface area contributed by atoms with Crippen molar-refractivity contribution in [2.75, 3.05) is 36.0 Å². The summed E-state index contributed by atoms with van der Waals surface area (Å²) in [5.74, 6) is -1.57. The minimum Gasteiger partial charge on any atom is -0.482 e. The normalized spacial score (nSPS) is 14.3. The summed E-state index contributed by atoms with van der Waals surface area (Å²) in [6.45, 7) is 12.7. The molecule has 0 aliphatic carbocycles. The molecule has 0 radical (unpaired) electrons. The Morgan fingerprint density at radius 1 is 0.875 bits per heavy atom. The Morgan fingerprint density at radius 2 is 1.44 bits per heavy atom. The Bertz CT molecular complexity index is 1640. The van der Waals surface area contributed by atoms with Gasteiger partial charge in [-0.2, -0.15) is 4.90 Å². The van der Waals surface area contributed by atoms with Gasteiger partial charge in [0.1, 0.15) is 34.8 Å². The Hall–Kier alpha value is -4.72. The number of rotatable bonds is 6. The summed E-state index contributed by atoms with van der Waals surface area (Å²) in [5, 5.41) is 8.74. The molecule has 0 saturated carbocycles. The molecular formula is C33H38ClF2N5O7. The standard InChI is InChI=1S/C33H38ClF2N5O7/c1-19(26-22(35)9-10-23(36)27(26)34)46-24-16-21(20-8-11-25(37-17-20)39-12-14-40(15-13-39)29(42)43)18-38-28(24)41(30(44)47-32(2,3)4)31(45)48-33(5,6)7/h8-11,16-19H,12-15H2,1-7H3,(H,42,43)/t19-/m1/s1. The molecule has 0 spiro atoms. The molecule has 1 aromatic carbocycles. The fourth-order valence-corrected chi connectivity index (χ4v) is 5.05. The molecule has 1 saturated heterocycles. The van der Waals surface area contributed by atoms with Crippen molar-refractivity contribution in [3.63, 3.8) is 0 Å². The number of piperazine rings is 1. The molecule has 3 aromatic rings. The Morgan fingerprint density at radius 3 is 1.96 bits per heavy atom. The number of ether oxygens (including phenoxy) is 3. The largest absolute Gasteiger partial charge is 0.482 e. The number of carbonyl (C=O) groups excluding carboxylic acids is 2. The highest BCUT2D eigenvalue weighted by Gasteiger charge is 2.36. The predicted octanol–water partition coefficient (Wildman–Crippen LogP) is 7.69. The third-order valence-corrected chi connectivity index (χ3v) is 7.33. The number of hydrogen-bond acceptors (Lipinski definition) is 9. The van der Waals surface area contributed by atoms with Crippen molar-refractivity contribution in [1.29, 1.82) is 0 Å². The molecule has 3 amide bonds. The van der Waals surface area contributed by atoms with E-state index in [4.69, 9.17) is 25.8 Å². The monoisotopic (exact) mass is 689 g/mol.